The summed E-state index contributed by atoms with van der Waals surface area (Å²) >= 11 is 1.33. The summed E-state index contributed by atoms with van der Waals surface area (Å²) in [5.74, 6) is -0.108. The van der Waals surface area contributed by atoms with Crippen LogP contribution in [-0.2, 0) is 9.31 Å². The highest BCUT2D eigenvalue weighted by molar-refractivity contribution is 7.23. The molecule has 1 aliphatic heterocycles. The number of rotatable bonds is 3. The number of thiazole rings is 1. The van der Waals surface area contributed by atoms with Gasteiger partial charge < -0.3 is 9.31 Å². The van der Waals surface area contributed by atoms with Crippen LogP contribution < -0.4 is 4.78 Å². The van der Waals surface area contributed by atoms with Crippen LogP contribution in [0.5, 0.6) is 0 Å². The highest BCUT2D eigenvalue weighted by atomic mass is 32.1. The Morgan fingerprint density at radius 2 is 1.70 bits per heavy atom. The van der Waals surface area contributed by atoms with Gasteiger partial charge in [0.25, 0.3) is 0 Å². The van der Waals surface area contributed by atoms with E-state index in [0.29, 0.717) is 10.6 Å². The lowest BCUT2D eigenvalue weighted by atomic mass is 9.86. The predicted octanol–water partition coefficient (Wildman–Crippen LogP) is 2.38. The van der Waals surface area contributed by atoms with E-state index < -0.39 is 18.3 Å². The van der Waals surface area contributed by atoms with E-state index >= 15 is 0 Å². The second kappa shape index (κ2) is 5.51. The SMILES string of the molecule is Cc1nc(C(=O)c2ccncc2)sc1B1OC(C)(C)C(C)(C)O1. The van der Waals surface area contributed by atoms with Gasteiger partial charge in [-0.3, -0.25) is 9.78 Å². The number of aryl methyl sites for hydroxylation is 1. The number of aromatic nitrogens is 2. The standard InChI is InChI=1S/C16H19BN2O3S/c1-10-13(17-21-15(2,3)16(4,5)22-17)23-14(19-10)12(20)11-6-8-18-9-7-11/h6-9H,1-5H3. The van der Waals surface area contributed by atoms with Gasteiger partial charge in [0.2, 0.25) is 5.78 Å². The first-order valence-electron chi connectivity index (χ1n) is 7.49. The quantitative estimate of drug-likeness (QED) is 0.639. The number of ketones is 1. The van der Waals surface area contributed by atoms with Crippen molar-refractivity contribution < 1.29 is 14.1 Å². The van der Waals surface area contributed by atoms with Gasteiger partial charge in [-0.15, -0.1) is 11.3 Å². The van der Waals surface area contributed by atoms with E-state index in [1.807, 2.05) is 34.6 Å². The maximum atomic E-state index is 12.5. The number of hydrogen-bond donors (Lipinski definition) is 0. The fraction of sp³-hybridized carbons (Fsp3) is 0.438. The van der Waals surface area contributed by atoms with E-state index in [9.17, 15) is 4.79 Å². The number of hydrogen-bond acceptors (Lipinski definition) is 6. The van der Waals surface area contributed by atoms with Crippen molar-refractivity contribution in [3.8, 4) is 0 Å². The fourth-order valence-electron chi connectivity index (χ4n) is 2.30. The van der Waals surface area contributed by atoms with Gasteiger partial charge in [0.1, 0.15) is 0 Å². The molecule has 0 aliphatic carbocycles. The zero-order chi connectivity index (χ0) is 16.8. The molecule has 0 saturated carbocycles. The molecule has 0 aromatic carbocycles. The highest BCUT2D eigenvalue weighted by Gasteiger charge is 2.53. The number of carbonyl (C=O) groups excluding carboxylic acids is 1. The monoisotopic (exact) mass is 330 g/mol. The first-order valence-corrected chi connectivity index (χ1v) is 8.30. The smallest absolute Gasteiger partial charge is 0.399 e. The Morgan fingerprint density at radius 1 is 1.13 bits per heavy atom. The molecule has 5 nitrogen and oxygen atoms in total. The third-order valence-electron chi connectivity index (χ3n) is 4.44. The largest absolute Gasteiger partial charge is 0.507 e. The minimum Gasteiger partial charge on any atom is -0.399 e. The van der Waals surface area contributed by atoms with Crippen LogP contribution in [0, 0.1) is 6.92 Å². The van der Waals surface area contributed by atoms with Crippen molar-refractivity contribution >= 4 is 29.0 Å². The summed E-state index contributed by atoms with van der Waals surface area (Å²) < 4.78 is 13.0. The normalized spacial score (nSPS) is 19.1. The zero-order valence-corrected chi connectivity index (χ0v) is 14.7. The Kier molecular flexibility index (Phi) is 3.90. The fourth-order valence-corrected chi connectivity index (χ4v) is 3.29. The van der Waals surface area contributed by atoms with E-state index in [1.165, 1.54) is 11.3 Å². The number of carbonyl (C=O) groups is 1. The van der Waals surface area contributed by atoms with Crippen LogP contribution in [0.2, 0.25) is 0 Å². The molecule has 3 rings (SSSR count). The molecule has 0 unspecified atom stereocenters. The molecule has 23 heavy (non-hydrogen) atoms. The first-order chi connectivity index (χ1) is 10.7. The molecule has 0 N–H and O–H groups in total. The summed E-state index contributed by atoms with van der Waals surface area (Å²) in [6, 6.07) is 3.38. The van der Waals surface area contributed by atoms with Crippen LogP contribution in [0.3, 0.4) is 0 Å². The summed E-state index contributed by atoms with van der Waals surface area (Å²) in [5, 5.41) is 0.443. The topological polar surface area (TPSA) is 61.3 Å². The van der Waals surface area contributed by atoms with Crippen LogP contribution in [0.1, 0.15) is 48.8 Å². The molecule has 0 spiro atoms. The van der Waals surface area contributed by atoms with Gasteiger partial charge in [-0.05, 0) is 46.8 Å². The van der Waals surface area contributed by atoms with Crippen molar-refractivity contribution in [1.29, 1.82) is 0 Å². The van der Waals surface area contributed by atoms with Gasteiger partial charge >= 0.3 is 7.12 Å². The van der Waals surface area contributed by atoms with Crippen molar-refractivity contribution in [3.63, 3.8) is 0 Å². The molecule has 0 amide bonds. The van der Waals surface area contributed by atoms with Crippen LogP contribution >= 0.6 is 11.3 Å². The van der Waals surface area contributed by atoms with Crippen molar-refractivity contribution in [2.24, 2.45) is 0 Å². The molecule has 1 aliphatic rings. The minimum atomic E-state index is -0.489. The summed E-state index contributed by atoms with van der Waals surface area (Å²) in [4.78, 5) is 20.9. The molecule has 0 radical (unpaired) electrons. The molecule has 0 atom stereocenters. The van der Waals surface area contributed by atoms with Crippen LogP contribution in [0.15, 0.2) is 24.5 Å². The van der Waals surface area contributed by atoms with Gasteiger partial charge in [0.05, 0.1) is 16.0 Å². The molecule has 1 saturated heterocycles. The Hall–Kier alpha value is -1.57. The third-order valence-corrected chi connectivity index (χ3v) is 5.61. The summed E-state index contributed by atoms with van der Waals surface area (Å²) in [7, 11) is -0.489. The Morgan fingerprint density at radius 3 is 2.26 bits per heavy atom. The van der Waals surface area contributed by atoms with E-state index in [0.717, 1.165) is 10.5 Å². The van der Waals surface area contributed by atoms with Crippen molar-refractivity contribution in [1.82, 2.24) is 9.97 Å². The second-order valence-corrected chi connectivity index (χ2v) is 7.65. The van der Waals surface area contributed by atoms with Crippen molar-refractivity contribution in [2.75, 3.05) is 0 Å². The van der Waals surface area contributed by atoms with Gasteiger partial charge in [0, 0.05) is 23.7 Å². The molecule has 0 bridgehead atoms. The van der Waals surface area contributed by atoms with E-state index in [4.69, 9.17) is 9.31 Å². The second-order valence-electron chi connectivity index (χ2n) is 6.62. The van der Waals surface area contributed by atoms with Gasteiger partial charge in [-0.1, -0.05) is 0 Å². The molecular weight excluding hydrogens is 311 g/mol. The maximum absolute atomic E-state index is 12.5. The molecule has 7 heteroatoms. The summed E-state index contributed by atoms with van der Waals surface area (Å²) in [6.45, 7) is 9.90. The average molecular weight is 330 g/mol. The number of pyridine rings is 1. The first kappa shape index (κ1) is 16.3. The molecule has 2 aromatic rings. The molecule has 3 heterocycles. The van der Waals surface area contributed by atoms with E-state index in [2.05, 4.69) is 9.97 Å². The summed E-state index contributed by atoms with van der Waals surface area (Å²) in [6.07, 6.45) is 3.20. The van der Waals surface area contributed by atoms with Gasteiger partial charge in [0.15, 0.2) is 5.01 Å². The van der Waals surface area contributed by atoms with Crippen molar-refractivity contribution in [3.05, 3.63) is 40.8 Å². The molecule has 2 aromatic heterocycles. The Balaban J connectivity index is 1.90. The lowest BCUT2D eigenvalue weighted by Gasteiger charge is -2.32. The average Bonchev–Trinajstić information content (AvgIpc) is 2.97. The Bertz CT molecular complexity index is 727. The number of nitrogens with zero attached hydrogens (tertiary/aromatic N) is 2. The van der Waals surface area contributed by atoms with Crippen molar-refractivity contribution in [2.45, 2.75) is 45.8 Å². The van der Waals surface area contributed by atoms with E-state index in [-0.39, 0.29) is 5.78 Å². The van der Waals surface area contributed by atoms with Crippen LogP contribution in [0.4, 0.5) is 0 Å². The van der Waals surface area contributed by atoms with E-state index in [1.54, 1.807) is 24.5 Å². The van der Waals surface area contributed by atoms with Gasteiger partial charge in [-0.2, -0.15) is 0 Å². The predicted molar refractivity (Wildman–Crippen MR) is 90.2 cm³/mol. The highest BCUT2D eigenvalue weighted by Crippen LogP contribution is 2.37. The van der Waals surface area contributed by atoms with Crippen LogP contribution in [0.25, 0.3) is 0 Å². The van der Waals surface area contributed by atoms with Crippen LogP contribution in [-0.4, -0.2) is 34.1 Å². The summed E-state index contributed by atoms with van der Waals surface area (Å²) in [5.41, 5.74) is 0.521. The van der Waals surface area contributed by atoms with Gasteiger partial charge in [-0.25, -0.2) is 4.98 Å². The molecular formula is C16H19BN2O3S. The molecule has 120 valence electrons. The third kappa shape index (κ3) is 2.84. The molecule has 1 fully saturated rings. The lowest BCUT2D eigenvalue weighted by Crippen LogP contribution is -2.41. The maximum Gasteiger partial charge on any atom is 0.507 e. The minimum absolute atomic E-state index is 0.108. The Labute approximate surface area is 140 Å². The zero-order valence-electron chi connectivity index (χ0n) is 13.9. The lowest BCUT2D eigenvalue weighted by molar-refractivity contribution is 0.00578.